The van der Waals surface area contributed by atoms with Crippen molar-refractivity contribution in [2.75, 3.05) is 13.4 Å². The highest BCUT2D eigenvalue weighted by atomic mass is 32.2. The molecule has 1 fully saturated rings. The number of benzene rings is 1. The summed E-state index contributed by atoms with van der Waals surface area (Å²) >= 11 is 0. The van der Waals surface area contributed by atoms with E-state index in [0.717, 1.165) is 19.1 Å². The molecule has 10 heteroatoms. The maximum absolute atomic E-state index is 11.7. The number of rotatable bonds is 7. The van der Waals surface area contributed by atoms with E-state index in [0.29, 0.717) is 17.3 Å². The van der Waals surface area contributed by atoms with Gasteiger partial charge in [0.05, 0.1) is 30.0 Å². The summed E-state index contributed by atoms with van der Waals surface area (Å²) in [4.78, 5) is 10.6. The van der Waals surface area contributed by atoms with Crippen LogP contribution in [0.4, 0.5) is 5.69 Å². The van der Waals surface area contributed by atoms with Gasteiger partial charge in [0.2, 0.25) is 0 Å². The third-order valence-corrected chi connectivity index (χ3v) is 4.33. The summed E-state index contributed by atoms with van der Waals surface area (Å²) in [6.07, 6.45) is 3.65. The van der Waals surface area contributed by atoms with Gasteiger partial charge in [0, 0.05) is 12.3 Å². The molecule has 1 aromatic carbocycles. The lowest BCUT2D eigenvalue weighted by Gasteiger charge is -2.15. The SMILES string of the molecule is COc1ccc(C(OS(C)(=O)=O)c2ccn(C3CC3)n2)cc1[N+](=O)[O-]. The molecule has 0 radical (unpaired) electrons. The van der Waals surface area contributed by atoms with Gasteiger partial charge in [0.15, 0.2) is 5.75 Å². The Morgan fingerprint density at radius 3 is 2.64 bits per heavy atom. The van der Waals surface area contributed by atoms with Gasteiger partial charge in [0.25, 0.3) is 10.1 Å². The topological polar surface area (TPSA) is 114 Å². The van der Waals surface area contributed by atoms with Gasteiger partial charge < -0.3 is 4.74 Å². The van der Waals surface area contributed by atoms with Crippen LogP contribution in [0.2, 0.25) is 0 Å². The van der Waals surface area contributed by atoms with Crippen LogP contribution in [0.15, 0.2) is 30.5 Å². The Balaban J connectivity index is 2.04. The predicted molar refractivity (Wildman–Crippen MR) is 87.9 cm³/mol. The highest BCUT2D eigenvalue weighted by Crippen LogP contribution is 2.37. The maximum atomic E-state index is 11.7. The van der Waals surface area contributed by atoms with Crippen molar-refractivity contribution in [1.82, 2.24) is 9.78 Å². The Bertz CT molecular complexity index is 904. The molecule has 0 aliphatic heterocycles. The molecule has 0 bridgehead atoms. The zero-order chi connectivity index (χ0) is 18.2. The molecule has 1 aromatic heterocycles. The zero-order valence-electron chi connectivity index (χ0n) is 13.7. The van der Waals surface area contributed by atoms with E-state index < -0.39 is 21.1 Å². The standard InChI is InChI=1S/C15H17N3O6S/c1-23-14-6-3-10(9-13(14)18(19)20)15(24-25(2,21)22)12-7-8-17(16-12)11-4-5-11/h3,6-9,11,15H,4-5H2,1-2H3. The van der Waals surface area contributed by atoms with E-state index in [1.165, 1.54) is 25.3 Å². The van der Waals surface area contributed by atoms with Crippen LogP contribution in [0, 0.1) is 10.1 Å². The fourth-order valence-electron chi connectivity index (χ4n) is 2.50. The molecule has 1 saturated carbocycles. The van der Waals surface area contributed by atoms with Gasteiger partial charge in [-0.1, -0.05) is 6.07 Å². The van der Waals surface area contributed by atoms with Crippen molar-refractivity contribution < 1.29 is 22.3 Å². The van der Waals surface area contributed by atoms with Crippen molar-refractivity contribution in [2.45, 2.75) is 25.0 Å². The molecule has 0 amide bonds. The first-order valence-electron chi connectivity index (χ1n) is 7.54. The van der Waals surface area contributed by atoms with Crippen molar-refractivity contribution in [2.24, 2.45) is 0 Å². The summed E-state index contributed by atoms with van der Waals surface area (Å²) in [5.74, 6) is 0.0790. The lowest BCUT2D eigenvalue weighted by Crippen LogP contribution is -2.13. The molecule has 0 N–H and O–H groups in total. The van der Waals surface area contributed by atoms with Crippen LogP contribution in [0.1, 0.15) is 36.2 Å². The average molecular weight is 367 g/mol. The third kappa shape index (κ3) is 3.97. The van der Waals surface area contributed by atoms with E-state index in [9.17, 15) is 18.5 Å². The average Bonchev–Trinajstić information content (AvgIpc) is 3.29. The molecular formula is C15H17N3O6S. The molecule has 0 saturated heterocycles. The molecule has 0 spiro atoms. The summed E-state index contributed by atoms with van der Waals surface area (Å²) < 4.78 is 35.2. The van der Waals surface area contributed by atoms with Gasteiger partial charge in [-0.25, -0.2) is 0 Å². The van der Waals surface area contributed by atoms with Gasteiger partial charge in [-0.15, -0.1) is 0 Å². The molecule has 1 unspecified atom stereocenters. The number of hydrogen-bond acceptors (Lipinski definition) is 7. The van der Waals surface area contributed by atoms with Gasteiger partial charge in [-0.2, -0.15) is 13.5 Å². The zero-order valence-corrected chi connectivity index (χ0v) is 14.5. The lowest BCUT2D eigenvalue weighted by molar-refractivity contribution is -0.385. The molecule has 25 heavy (non-hydrogen) atoms. The van der Waals surface area contributed by atoms with E-state index in [2.05, 4.69) is 5.10 Å². The second-order valence-corrected chi connectivity index (χ2v) is 7.42. The van der Waals surface area contributed by atoms with E-state index in [4.69, 9.17) is 8.92 Å². The van der Waals surface area contributed by atoms with Gasteiger partial charge in [0.1, 0.15) is 6.10 Å². The lowest BCUT2D eigenvalue weighted by atomic mass is 10.1. The number of nitro groups is 1. The normalized spacial score (nSPS) is 15.8. The first kappa shape index (κ1) is 17.4. The minimum Gasteiger partial charge on any atom is -0.490 e. The van der Waals surface area contributed by atoms with Crippen LogP contribution >= 0.6 is 0 Å². The first-order valence-corrected chi connectivity index (χ1v) is 9.36. The van der Waals surface area contributed by atoms with Crippen LogP contribution in [0.25, 0.3) is 0 Å². The monoisotopic (exact) mass is 367 g/mol. The van der Waals surface area contributed by atoms with E-state index in [-0.39, 0.29) is 11.4 Å². The van der Waals surface area contributed by atoms with E-state index in [1.807, 2.05) is 0 Å². The summed E-state index contributed by atoms with van der Waals surface area (Å²) in [6, 6.07) is 6.15. The fraction of sp³-hybridized carbons (Fsp3) is 0.400. The van der Waals surface area contributed by atoms with Crippen LogP contribution in [-0.2, 0) is 14.3 Å². The van der Waals surface area contributed by atoms with Gasteiger partial charge >= 0.3 is 5.69 Å². The molecule has 1 heterocycles. The molecule has 2 aromatic rings. The molecule has 134 valence electrons. The molecule has 9 nitrogen and oxygen atoms in total. The Hall–Kier alpha value is -2.46. The predicted octanol–water partition coefficient (Wildman–Crippen LogP) is 2.20. The Kier molecular flexibility index (Phi) is 4.48. The van der Waals surface area contributed by atoms with Crippen molar-refractivity contribution in [3.8, 4) is 5.75 Å². The van der Waals surface area contributed by atoms with Crippen LogP contribution in [-0.4, -0.2) is 36.5 Å². The number of nitrogens with zero attached hydrogens (tertiary/aromatic N) is 3. The van der Waals surface area contributed by atoms with E-state index in [1.54, 1.807) is 16.9 Å². The Morgan fingerprint density at radius 2 is 2.08 bits per heavy atom. The van der Waals surface area contributed by atoms with Crippen molar-refractivity contribution >= 4 is 15.8 Å². The van der Waals surface area contributed by atoms with Crippen LogP contribution < -0.4 is 4.74 Å². The van der Waals surface area contributed by atoms with Crippen LogP contribution in [0.5, 0.6) is 5.75 Å². The van der Waals surface area contributed by atoms with Gasteiger partial charge in [-0.3, -0.25) is 19.0 Å². The summed E-state index contributed by atoms with van der Waals surface area (Å²) in [7, 11) is -2.49. The van der Waals surface area contributed by atoms with Crippen molar-refractivity contribution in [3.63, 3.8) is 0 Å². The minimum absolute atomic E-state index is 0.0790. The minimum atomic E-state index is -3.81. The van der Waals surface area contributed by atoms with Crippen molar-refractivity contribution in [3.05, 3.63) is 51.8 Å². The van der Waals surface area contributed by atoms with Gasteiger partial charge in [-0.05, 0) is 30.5 Å². The number of aromatic nitrogens is 2. The number of hydrogen-bond donors (Lipinski definition) is 0. The highest BCUT2D eigenvalue weighted by Gasteiger charge is 2.29. The number of ether oxygens (including phenoxy) is 1. The highest BCUT2D eigenvalue weighted by molar-refractivity contribution is 7.86. The molecular weight excluding hydrogens is 350 g/mol. The molecule has 1 aliphatic rings. The quantitative estimate of drug-likeness (QED) is 0.419. The smallest absolute Gasteiger partial charge is 0.311 e. The van der Waals surface area contributed by atoms with Crippen LogP contribution in [0.3, 0.4) is 0 Å². The number of methoxy groups -OCH3 is 1. The van der Waals surface area contributed by atoms with E-state index >= 15 is 0 Å². The summed E-state index contributed by atoms with van der Waals surface area (Å²) in [5.41, 5.74) is 0.402. The molecule has 1 aliphatic carbocycles. The molecule has 1 atom stereocenters. The second-order valence-electron chi connectivity index (χ2n) is 5.82. The molecule has 3 rings (SSSR count). The van der Waals surface area contributed by atoms with Crippen molar-refractivity contribution in [1.29, 1.82) is 0 Å². The summed E-state index contributed by atoms with van der Waals surface area (Å²) in [6.45, 7) is 0. The number of nitro benzene ring substituents is 1. The fourth-order valence-corrected chi connectivity index (χ4v) is 3.06. The second kappa shape index (κ2) is 6.45. The third-order valence-electron chi connectivity index (χ3n) is 3.79. The first-order chi connectivity index (χ1) is 11.8. The summed E-state index contributed by atoms with van der Waals surface area (Å²) in [5, 5.41) is 15.6. The largest absolute Gasteiger partial charge is 0.490 e. The Labute approximate surface area is 144 Å². The Morgan fingerprint density at radius 1 is 1.36 bits per heavy atom. The maximum Gasteiger partial charge on any atom is 0.311 e.